The van der Waals surface area contributed by atoms with Crippen LogP contribution in [0.15, 0.2) is 41.4 Å². The number of halogens is 2. The Kier molecular flexibility index (Phi) is 6.36. The number of aromatic amines is 1. The van der Waals surface area contributed by atoms with Crippen LogP contribution in [-0.2, 0) is 4.74 Å². The first-order valence-corrected chi connectivity index (χ1v) is 11.3. The van der Waals surface area contributed by atoms with Gasteiger partial charge in [-0.05, 0) is 44.7 Å². The lowest BCUT2D eigenvalue weighted by molar-refractivity contribution is 0.0261. The van der Waals surface area contributed by atoms with E-state index in [4.69, 9.17) is 9.15 Å². The number of pyridine rings is 1. The zero-order chi connectivity index (χ0) is 24.4. The van der Waals surface area contributed by atoms with Gasteiger partial charge in [-0.3, -0.25) is 14.6 Å². The summed E-state index contributed by atoms with van der Waals surface area (Å²) in [6.45, 7) is 2.60. The largest absolute Gasteiger partial charge is 0.444 e. The number of amides is 1. The number of carbonyl (C=O) groups is 1. The van der Waals surface area contributed by atoms with Gasteiger partial charge in [0.2, 0.25) is 11.8 Å². The summed E-state index contributed by atoms with van der Waals surface area (Å²) in [6, 6.07) is 1.86. The number of anilines is 1. The number of hydrogen-bond acceptors (Lipinski definition) is 7. The van der Waals surface area contributed by atoms with Gasteiger partial charge in [0.05, 0.1) is 35.8 Å². The lowest BCUT2D eigenvalue weighted by Gasteiger charge is -2.29. The van der Waals surface area contributed by atoms with Gasteiger partial charge in [0.25, 0.3) is 5.91 Å². The second-order valence-corrected chi connectivity index (χ2v) is 8.18. The quantitative estimate of drug-likeness (QED) is 0.374. The molecule has 0 spiro atoms. The summed E-state index contributed by atoms with van der Waals surface area (Å²) in [5, 5.41) is 13.6. The van der Waals surface area contributed by atoms with E-state index in [-0.39, 0.29) is 40.8 Å². The van der Waals surface area contributed by atoms with Gasteiger partial charge in [-0.2, -0.15) is 14.6 Å². The molecule has 1 saturated carbocycles. The van der Waals surface area contributed by atoms with Gasteiger partial charge in [0, 0.05) is 12.8 Å². The minimum atomic E-state index is -0.840. The molecule has 35 heavy (non-hydrogen) atoms. The number of nitrogens with one attached hydrogen (secondary N) is 2. The molecular formula is C23H23F2N7O3. The van der Waals surface area contributed by atoms with E-state index in [1.807, 2.05) is 6.92 Å². The van der Waals surface area contributed by atoms with Gasteiger partial charge in [-0.25, -0.2) is 14.4 Å². The number of oxazole rings is 1. The van der Waals surface area contributed by atoms with E-state index in [0.29, 0.717) is 12.2 Å². The van der Waals surface area contributed by atoms with Gasteiger partial charge in [0.15, 0.2) is 11.5 Å². The molecular weight excluding hydrogens is 460 g/mol. The summed E-state index contributed by atoms with van der Waals surface area (Å²) in [6.07, 6.45) is 8.96. The van der Waals surface area contributed by atoms with Crippen LogP contribution in [0, 0.1) is 11.8 Å². The van der Waals surface area contributed by atoms with Gasteiger partial charge in [-0.15, -0.1) is 0 Å². The van der Waals surface area contributed by atoms with Crippen LogP contribution in [0.2, 0.25) is 0 Å². The predicted molar refractivity (Wildman–Crippen MR) is 120 cm³/mol. The highest BCUT2D eigenvalue weighted by Crippen LogP contribution is 2.37. The molecule has 0 bridgehead atoms. The number of rotatable bonds is 7. The number of aromatic nitrogens is 6. The summed E-state index contributed by atoms with van der Waals surface area (Å²) in [5.41, 5.74) is 0.723. The van der Waals surface area contributed by atoms with E-state index in [1.165, 1.54) is 18.7 Å². The number of hydrogen-bond donors (Lipinski definition) is 2. The molecule has 4 aromatic heterocycles. The first kappa shape index (κ1) is 22.8. The Morgan fingerprint density at radius 1 is 1.23 bits per heavy atom. The normalized spacial score (nSPS) is 18.0. The van der Waals surface area contributed by atoms with Gasteiger partial charge in [0.1, 0.15) is 17.7 Å². The molecule has 182 valence electrons. The van der Waals surface area contributed by atoms with Gasteiger partial charge >= 0.3 is 0 Å². The van der Waals surface area contributed by atoms with Crippen molar-refractivity contribution in [3.05, 3.63) is 54.4 Å². The Labute approximate surface area is 198 Å². The molecule has 2 N–H and O–H groups in total. The molecule has 0 unspecified atom stereocenters. The van der Waals surface area contributed by atoms with Crippen LogP contribution in [0.4, 0.5) is 14.5 Å². The van der Waals surface area contributed by atoms with Crippen molar-refractivity contribution in [3.63, 3.8) is 0 Å². The van der Waals surface area contributed by atoms with Crippen LogP contribution >= 0.6 is 0 Å². The van der Waals surface area contributed by atoms with Gasteiger partial charge in [-0.1, -0.05) is 0 Å². The molecule has 5 rings (SSSR count). The molecule has 4 aromatic rings. The number of nitrogens with zero attached hydrogens (tertiary/aromatic N) is 5. The Balaban J connectivity index is 1.46. The van der Waals surface area contributed by atoms with Crippen molar-refractivity contribution >= 4 is 11.6 Å². The summed E-state index contributed by atoms with van der Waals surface area (Å²) in [4.78, 5) is 20.9. The van der Waals surface area contributed by atoms with E-state index >= 15 is 0 Å². The van der Waals surface area contributed by atoms with Crippen LogP contribution in [-0.4, -0.2) is 48.6 Å². The Hall–Kier alpha value is -3.93. The molecule has 10 nitrogen and oxygen atoms in total. The third-order valence-electron chi connectivity index (χ3n) is 5.95. The molecule has 1 aliphatic carbocycles. The minimum absolute atomic E-state index is 0.00444. The molecule has 4 heterocycles. The highest BCUT2D eigenvalue weighted by molar-refractivity contribution is 6.04. The molecule has 0 radical (unpaired) electrons. The first-order valence-electron chi connectivity index (χ1n) is 11.3. The standard InChI is InChI=1S/C23H23F2N7O3/c1-2-34-15-5-3-14(4-6-15)32-21(20-16(24)7-8-19(25)31-20)17(11-28-32)29-22(33)18-12-35-23(30-18)13-9-26-27-10-13/h7-12,14-15H,2-6H2,1H3,(H,26,27)(H,29,33). The molecule has 1 aliphatic rings. The van der Waals surface area contributed by atoms with Crippen molar-refractivity contribution in [3.8, 4) is 22.8 Å². The monoisotopic (exact) mass is 483 g/mol. The third-order valence-corrected chi connectivity index (χ3v) is 5.95. The summed E-state index contributed by atoms with van der Waals surface area (Å²) in [7, 11) is 0. The predicted octanol–water partition coefficient (Wildman–Crippen LogP) is 4.37. The molecule has 12 heteroatoms. The molecule has 1 amide bonds. The van der Waals surface area contributed by atoms with Crippen LogP contribution in [0.25, 0.3) is 22.8 Å². The molecule has 0 saturated heterocycles. The van der Waals surface area contributed by atoms with Crippen molar-refractivity contribution in [2.45, 2.75) is 44.8 Å². The van der Waals surface area contributed by atoms with Crippen molar-refractivity contribution in [1.29, 1.82) is 0 Å². The fourth-order valence-corrected chi connectivity index (χ4v) is 4.31. The van der Waals surface area contributed by atoms with Crippen LogP contribution < -0.4 is 5.32 Å². The van der Waals surface area contributed by atoms with Crippen molar-refractivity contribution in [2.24, 2.45) is 0 Å². The van der Waals surface area contributed by atoms with Crippen LogP contribution in [0.1, 0.15) is 49.1 Å². The number of carbonyl (C=O) groups excluding carboxylic acids is 1. The Bertz CT molecular complexity index is 1310. The first-order chi connectivity index (χ1) is 17.0. The lowest BCUT2D eigenvalue weighted by Crippen LogP contribution is -2.25. The fourth-order valence-electron chi connectivity index (χ4n) is 4.31. The van der Waals surface area contributed by atoms with Crippen molar-refractivity contribution < 1.29 is 22.7 Å². The second kappa shape index (κ2) is 9.74. The number of H-pyrrole nitrogens is 1. The maximum Gasteiger partial charge on any atom is 0.277 e. The smallest absolute Gasteiger partial charge is 0.277 e. The zero-order valence-electron chi connectivity index (χ0n) is 18.9. The average molecular weight is 483 g/mol. The fraction of sp³-hybridized carbons (Fsp3) is 0.348. The van der Waals surface area contributed by atoms with Crippen LogP contribution in [0.3, 0.4) is 0 Å². The number of ether oxygens (including phenoxy) is 1. The van der Waals surface area contributed by atoms with E-state index in [2.05, 4.69) is 30.6 Å². The van der Waals surface area contributed by atoms with Crippen molar-refractivity contribution in [2.75, 3.05) is 11.9 Å². The molecule has 1 fully saturated rings. The maximum absolute atomic E-state index is 14.8. The highest BCUT2D eigenvalue weighted by Gasteiger charge is 2.29. The molecule has 0 aromatic carbocycles. The Morgan fingerprint density at radius 3 is 2.80 bits per heavy atom. The summed E-state index contributed by atoms with van der Waals surface area (Å²) < 4.78 is 41.5. The van der Waals surface area contributed by atoms with Gasteiger partial charge < -0.3 is 14.5 Å². The minimum Gasteiger partial charge on any atom is -0.444 e. The Morgan fingerprint density at radius 2 is 2.06 bits per heavy atom. The summed E-state index contributed by atoms with van der Waals surface area (Å²) in [5.74, 6) is -1.95. The average Bonchev–Trinajstić information content (AvgIpc) is 3.62. The zero-order valence-corrected chi connectivity index (χ0v) is 18.9. The summed E-state index contributed by atoms with van der Waals surface area (Å²) >= 11 is 0. The second-order valence-electron chi connectivity index (χ2n) is 8.18. The highest BCUT2D eigenvalue weighted by atomic mass is 19.1. The van der Waals surface area contributed by atoms with Crippen molar-refractivity contribution in [1.82, 2.24) is 29.9 Å². The van der Waals surface area contributed by atoms with E-state index in [9.17, 15) is 13.6 Å². The lowest BCUT2D eigenvalue weighted by atomic mass is 9.92. The molecule has 0 atom stereocenters. The molecule has 0 aliphatic heterocycles. The topological polar surface area (TPSA) is 124 Å². The third kappa shape index (κ3) is 4.69. The van der Waals surface area contributed by atoms with Crippen LogP contribution in [0.5, 0.6) is 0 Å². The van der Waals surface area contributed by atoms with E-state index in [0.717, 1.165) is 37.8 Å². The SMILES string of the molecule is CCOC1CCC(n2ncc(NC(=O)c3coc(-c4cn[nH]c4)n3)c2-c2nc(F)ccc2F)CC1. The van der Waals surface area contributed by atoms with E-state index < -0.39 is 17.7 Å². The van der Waals surface area contributed by atoms with E-state index in [1.54, 1.807) is 10.9 Å². The maximum atomic E-state index is 14.8.